The Labute approximate surface area is 108 Å². The maximum absolute atomic E-state index is 11.9. The van der Waals surface area contributed by atoms with Gasteiger partial charge in [-0.05, 0) is 31.7 Å². The van der Waals surface area contributed by atoms with E-state index in [1.165, 1.54) is 6.42 Å². The topological polar surface area (TPSA) is 75.4 Å². The van der Waals surface area contributed by atoms with Gasteiger partial charge in [-0.25, -0.2) is 0 Å². The smallest absolute Gasteiger partial charge is 0.239 e. The van der Waals surface area contributed by atoms with Crippen LogP contribution in [0.5, 0.6) is 0 Å². The zero-order valence-electron chi connectivity index (χ0n) is 10.9. The maximum Gasteiger partial charge on any atom is 0.239 e. The fourth-order valence-electron chi connectivity index (χ4n) is 2.98. The fourth-order valence-corrected chi connectivity index (χ4v) is 2.98. The summed E-state index contributed by atoms with van der Waals surface area (Å²) in [6.07, 6.45) is 5.94. The molecular formula is C13H23N3O2. The molecule has 1 heterocycles. The van der Waals surface area contributed by atoms with Crippen molar-refractivity contribution in [1.29, 1.82) is 0 Å². The lowest BCUT2D eigenvalue weighted by Crippen LogP contribution is -2.48. The zero-order valence-corrected chi connectivity index (χ0v) is 10.9. The zero-order chi connectivity index (χ0) is 13.0. The second kappa shape index (κ2) is 6.18. The standard InChI is InChI=1S/C13H23N3O2/c14-8-10-4-1-2-5-11(10)15-12(17)9-16-7-3-6-13(16)18/h10-11H,1-9,14H2,(H,15,17). The SMILES string of the molecule is NCC1CCCCC1NC(=O)CN1CCCC1=O. The predicted octanol–water partition coefficient (Wildman–Crippen LogP) is 0.243. The van der Waals surface area contributed by atoms with Crippen molar-refractivity contribution in [3.05, 3.63) is 0 Å². The maximum atomic E-state index is 11.9. The van der Waals surface area contributed by atoms with E-state index < -0.39 is 0 Å². The van der Waals surface area contributed by atoms with Crippen LogP contribution in [0.1, 0.15) is 38.5 Å². The molecule has 0 aromatic rings. The van der Waals surface area contributed by atoms with Crippen molar-refractivity contribution in [1.82, 2.24) is 10.2 Å². The average Bonchev–Trinajstić information content (AvgIpc) is 2.75. The molecule has 2 aliphatic rings. The number of nitrogens with one attached hydrogen (secondary N) is 1. The van der Waals surface area contributed by atoms with Crippen LogP contribution >= 0.6 is 0 Å². The molecule has 0 bridgehead atoms. The number of hydrogen-bond donors (Lipinski definition) is 2. The molecule has 1 aliphatic heterocycles. The van der Waals surface area contributed by atoms with Gasteiger partial charge >= 0.3 is 0 Å². The van der Waals surface area contributed by atoms with Gasteiger partial charge in [0.1, 0.15) is 0 Å². The van der Waals surface area contributed by atoms with E-state index in [-0.39, 0.29) is 24.4 Å². The minimum atomic E-state index is -0.0319. The summed E-state index contributed by atoms with van der Waals surface area (Å²) in [7, 11) is 0. The van der Waals surface area contributed by atoms with Gasteiger partial charge in [-0.2, -0.15) is 0 Å². The Morgan fingerprint density at radius 1 is 1.33 bits per heavy atom. The molecule has 2 unspecified atom stereocenters. The molecule has 0 aromatic carbocycles. The lowest BCUT2D eigenvalue weighted by molar-refractivity contribution is -0.133. The first-order chi connectivity index (χ1) is 8.70. The van der Waals surface area contributed by atoms with Crippen molar-refractivity contribution < 1.29 is 9.59 Å². The van der Waals surface area contributed by atoms with Gasteiger partial charge in [-0.3, -0.25) is 9.59 Å². The molecule has 2 rings (SSSR count). The number of hydrogen-bond acceptors (Lipinski definition) is 3. The molecule has 1 aliphatic carbocycles. The van der Waals surface area contributed by atoms with E-state index in [4.69, 9.17) is 5.73 Å². The first-order valence-electron chi connectivity index (χ1n) is 6.98. The van der Waals surface area contributed by atoms with E-state index in [1.807, 2.05) is 0 Å². The summed E-state index contributed by atoms with van der Waals surface area (Å²) >= 11 is 0. The van der Waals surface area contributed by atoms with Crippen molar-refractivity contribution >= 4 is 11.8 Å². The molecule has 0 spiro atoms. The first kappa shape index (κ1) is 13.3. The quantitative estimate of drug-likeness (QED) is 0.753. The van der Waals surface area contributed by atoms with E-state index in [0.29, 0.717) is 18.9 Å². The van der Waals surface area contributed by atoms with Crippen LogP contribution in [0.3, 0.4) is 0 Å². The Morgan fingerprint density at radius 2 is 2.11 bits per heavy atom. The van der Waals surface area contributed by atoms with E-state index in [9.17, 15) is 9.59 Å². The molecule has 2 atom stereocenters. The highest BCUT2D eigenvalue weighted by Crippen LogP contribution is 2.23. The van der Waals surface area contributed by atoms with Gasteiger partial charge in [-0.1, -0.05) is 12.8 Å². The monoisotopic (exact) mass is 253 g/mol. The molecule has 2 fully saturated rings. The summed E-state index contributed by atoms with van der Waals surface area (Å²) in [4.78, 5) is 25.0. The summed E-state index contributed by atoms with van der Waals surface area (Å²) in [6.45, 7) is 1.57. The number of carbonyl (C=O) groups excluding carboxylic acids is 2. The van der Waals surface area contributed by atoms with Crippen molar-refractivity contribution in [3.8, 4) is 0 Å². The molecule has 1 saturated heterocycles. The van der Waals surface area contributed by atoms with Crippen LogP contribution in [-0.4, -0.2) is 42.4 Å². The minimum absolute atomic E-state index is 0.0319. The van der Waals surface area contributed by atoms with Crippen molar-refractivity contribution in [2.75, 3.05) is 19.6 Å². The fraction of sp³-hybridized carbons (Fsp3) is 0.846. The number of rotatable bonds is 4. The number of nitrogens with zero attached hydrogens (tertiary/aromatic N) is 1. The van der Waals surface area contributed by atoms with E-state index in [0.717, 1.165) is 32.2 Å². The Balaban J connectivity index is 1.80. The molecule has 2 amide bonds. The highest BCUT2D eigenvalue weighted by molar-refractivity contribution is 5.85. The Kier molecular flexibility index (Phi) is 4.58. The highest BCUT2D eigenvalue weighted by Gasteiger charge is 2.27. The molecule has 5 heteroatoms. The Morgan fingerprint density at radius 3 is 2.78 bits per heavy atom. The number of amides is 2. The van der Waals surface area contributed by atoms with Gasteiger partial charge in [-0.15, -0.1) is 0 Å². The van der Waals surface area contributed by atoms with Gasteiger partial charge in [0, 0.05) is 19.0 Å². The van der Waals surface area contributed by atoms with E-state index in [2.05, 4.69) is 5.32 Å². The number of carbonyl (C=O) groups is 2. The summed E-state index contributed by atoms with van der Waals surface area (Å²) in [5.74, 6) is 0.469. The van der Waals surface area contributed by atoms with E-state index >= 15 is 0 Å². The predicted molar refractivity (Wildman–Crippen MR) is 68.8 cm³/mol. The van der Waals surface area contributed by atoms with Crippen LogP contribution in [0, 0.1) is 5.92 Å². The molecule has 18 heavy (non-hydrogen) atoms. The average molecular weight is 253 g/mol. The third-order valence-corrected chi connectivity index (χ3v) is 4.06. The number of likely N-dealkylation sites (tertiary alicyclic amines) is 1. The number of nitrogens with two attached hydrogens (primary N) is 1. The first-order valence-corrected chi connectivity index (χ1v) is 6.98. The molecular weight excluding hydrogens is 230 g/mol. The van der Waals surface area contributed by atoms with Gasteiger partial charge in [0.15, 0.2) is 0 Å². The largest absolute Gasteiger partial charge is 0.352 e. The molecule has 0 aromatic heterocycles. The van der Waals surface area contributed by atoms with Crippen molar-refractivity contribution in [3.63, 3.8) is 0 Å². The summed E-state index contributed by atoms with van der Waals surface area (Å²) in [5, 5.41) is 3.05. The third kappa shape index (κ3) is 3.22. The lowest BCUT2D eigenvalue weighted by Gasteiger charge is -2.31. The molecule has 5 nitrogen and oxygen atoms in total. The van der Waals surface area contributed by atoms with Gasteiger partial charge < -0.3 is 16.0 Å². The van der Waals surface area contributed by atoms with Crippen molar-refractivity contribution in [2.24, 2.45) is 11.7 Å². The molecule has 0 radical (unpaired) electrons. The lowest BCUT2D eigenvalue weighted by atomic mass is 9.84. The molecule has 102 valence electrons. The van der Waals surface area contributed by atoms with Crippen LogP contribution in [-0.2, 0) is 9.59 Å². The van der Waals surface area contributed by atoms with Crippen LogP contribution in [0.2, 0.25) is 0 Å². The normalized spacial score (nSPS) is 28.5. The van der Waals surface area contributed by atoms with Crippen LogP contribution < -0.4 is 11.1 Å². The minimum Gasteiger partial charge on any atom is -0.352 e. The summed E-state index contributed by atoms with van der Waals surface area (Å²) in [6, 6.07) is 0.203. The second-order valence-electron chi connectivity index (χ2n) is 5.37. The molecule has 1 saturated carbocycles. The highest BCUT2D eigenvalue weighted by atomic mass is 16.2. The van der Waals surface area contributed by atoms with Gasteiger partial charge in [0.25, 0.3) is 0 Å². The third-order valence-electron chi connectivity index (χ3n) is 4.06. The van der Waals surface area contributed by atoms with Crippen LogP contribution in [0.15, 0.2) is 0 Å². The Bertz CT molecular complexity index is 319. The van der Waals surface area contributed by atoms with Crippen LogP contribution in [0.4, 0.5) is 0 Å². The van der Waals surface area contributed by atoms with Crippen molar-refractivity contribution in [2.45, 2.75) is 44.6 Å². The van der Waals surface area contributed by atoms with Crippen LogP contribution in [0.25, 0.3) is 0 Å². The van der Waals surface area contributed by atoms with Gasteiger partial charge in [0.2, 0.25) is 11.8 Å². The molecule has 3 N–H and O–H groups in total. The summed E-state index contributed by atoms with van der Waals surface area (Å²) in [5.41, 5.74) is 5.74. The second-order valence-corrected chi connectivity index (χ2v) is 5.37. The summed E-state index contributed by atoms with van der Waals surface area (Å²) < 4.78 is 0. The Hall–Kier alpha value is -1.10. The van der Waals surface area contributed by atoms with E-state index in [1.54, 1.807) is 4.90 Å². The van der Waals surface area contributed by atoms with Gasteiger partial charge in [0.05, 0.1) is 6.54 Å².